The van der Waals surface area contributed by atoms with Crippen molar-refractivity contribution >= 4 is 5.97 Å². The van der Waals surface area contributed by atoms with Crippen molar-refractivity contribution < 1.29 is 14.6 Å². The maximum absolute atomic E-state index is 11.4. The van der Waals surface area contributed by atoms with Gasteiger partial charge < -0.3 is 14.7 Å². The van der Waals surface area contributed by atoms with E-state index in [1.165, 1.54) is 22.3 Å². The molecule has 0 radical (unpaired) electrons. The summed E-state index contributed by atoms with van der Waals surface area (Å²) in [4.78, 5) is 13.8. The van der Waals surface area contributed by atoms with Crippen LogP contribution >= 0.6 is 0 Å². The van der Waals surface area contributed by atoms with Gasteiger partial charge in [0.2, 0.25) is 0 Å². The summed E-state index contributed by atoms with van der Waals surface area (Å²) in [6.07, 6.45) is 3.87. The molecule has 0 aromatic heterocycles. The molecule has 0 amide bonds. The number of hydrogen-bond acceptors (Lipinski definition) is 3. The van der Waals surface area contributed by atoms with Crippen molar-refractivity contribution in [3.8, 4) is 5.75 Å². The molecule has 1 saturated heterocycles. The zero-order valence-electron chi connectivity index (χ0n) is 16.4. The van der Waals surface area contributed by atoms with Crippen LogP contribution in [0.2, 0.25) is 0 Å². The molecule has 0 atom stereocenters. The van der Waals surface area contributed by atoms with Gasteiger partial charge in [-0.3, -0.25) is 4.79 Å². The third kappa shape index (κ3) is 3.20. The summed E-state index contributed by atoms with van der Waals surface area (Å²) in [7, 11) is 0. The number of fused-ring (bicyclic) bond motifs is 1. The third-order valence-corrected chi connectivity index (χ3v) is 6.79. The highest BCUT2D eigenvalue weighted by Crippen LogP contribution is 2.51. The zero-order chi connectivity index (χ0) is 19.4. The van der Waals surface area contributed by atoms with Crippen molar-refractivity contribution in [1.29, 1.82) is 0 Å². The number of benzene rings is 2. The van der Waals surface area contributed by atoms with Gasteiger partial charge >= 0.3 is 5.97 Å². The van der Waals surface area contributed by atoms with E-state index in [4.69, 9.17) is 4.74 Å². The standard InChI is InChI=1S/C24H27NO3/c1-17-2-4-18(5-3-17)13-28-21-7-6-19-11-23(12-20(19)10-21)14-25(15-23)16-24(8-9-24)22(26)27/h2-7,10H,8-9,11-16H2,1H3,(H,26,27). The number of aliphatic carboxylic acids is 1. The van der Waals surface area contributed by atoms with E-state index in [9.17, 15) is 9.90 Å². The number of carbonyl (C=O) groups is 1. The molecule has 3 aliphatic rings. The molecule has 2 fully saturated rings. The number of rotatable bonds is 6. The maximum Gasteiger partial charge on any atom is 0.310 e. The molecule has 5 rings (SSSR count). The van der Waals surface area contributed by atoms with Crippen LogP contribution in [0.4, 0.5) is 0 Å². The van der Waals surface area contributed by atoms with Gasteiger partial charge in [0.15, 0.2) is 0 Å². The van der Waals surface area contributed by atoms with Gasteiger partial charge in [-0.25, -0.2) is 0 Å². The highest BCUT2D eigenvalue weighted by molar-refractivity contribution is 5.78. The second-order valence-corrected chi connectivity index (χ2v) is 9.29. The molecule has 0 bridgehead atoms. The van der Waals surface area contributed by atoms with Crippen molar-refractivity contribution in [1.82, 2.24) is 4.90 Å². The van der Waals surface area contributed by atoms with Gasteiger partial charge in [0.25, 0.3) is 0 Å². The van der Waals surface area contributed by atoms with Crippen molar-refractivity contribution in [2.24, 2.45) is 10.8 Å². The Morgan fingerprint density at radius 2 is 1.79 bits per heavy atom. The lowest BCUT2D eigenvalue weighted by molar-refractivity contribution is -0.145. The predicted molar refractivity (Wildman–Crippen MR) is 108 cm³/mol. The largest absolute Gasteiger partial charge is 0.489 e. The summed E-state index contributed by atoms with van der Waals surface area (Å²) in [5.74, 6) is 0.328. The van der Waals surface area contributed by atoms with Crippen molar-refractivity contribution in [2.75, 3.05) is 19.6 Å². The maximum atomic E-state index is 11.4. The van der Waals surface area contributed by atoms with Gasteiger partial charge in [-0.1, -0.05) is 35.9 Å². The molecule has 2 aromatic rings. The van der Waals surface area contributed by atoms with E-state index >= 15 is 0 Å². The molecule has 1 N–H and O–H groups in total. The Kier molecular flexibility index (Phi) is 4.02. The number of carboxylic acid groups (broad SMARTS) is 1. The first kappa shape index (κ1) is 17.7. The summed E-state index contributed by atoms with van der Waals surface area (Å²) in [6, 6.07) is 15.0. The molecule has 1 aliphatic heterocycles. The lowest BCUT2D eigenvalue weighted by Gasteiger charge is -2.49. The van der Waals surface area contributed by atoms with Crippen molar-refractivity contribution in [2.45, 2.75) is 39.2 Å². The van der Waals surface area contributed by atoms with Crippen LogP contribution in [0.25, 0.3) is 0 Å². The minimum absolute atomic E-state index is 0.312. The van der Waals surface area contributed by atoms with E-state index in [1.807, 2.05) is 0 Å². The van der Waals surface area contributed by atoms with Crippen molar-refractivity contribution in [3.05, 3.63) is 64.7 Å². The SMILES string of the molecule is Cc1ccc(COc2ccc3c(c2)CC2(C3)CN(CC3(C(=O)O)CC3)C2)cc1. The summed E-state index contributed by atoms with van der Waals surface area (Å²) >= 11 is 0. The molecule has 2 aromatic carbocycles. The van der Waals surface area contributed by atoms with E-state index in [1.54, 1.807) is 0 Å². The average Bonchev–Trinajstić information content (AvgIpc) is 3.33. The molecular formula is C24H27NO3. The van der Waals surface area contributed by atoms with Gasteiger partial charge in [0.1, 0.15) is 12.4 Å². The van der Waals surface area contributed by atoms with E-state index in [0.717, 1.165) is 51.1 Å². The Balaban J connectivity index is 1.18. The zero-order valence-corrected chi connectivity index (χ0v) is 16.4. The number of ether oxygens (including phenoxy) is 1. The fraction of sp³-hybridized carbons (Fsp3) is 0.458. The first-order valence-corrected chi connectivity index (χ1v) is 10.2. The quantitative estimate of drug-likeness (QED) is 0.831. The molecule has 4 heteroatoms. The number of likely N-dealkylation sites (tertiary alicyclic amines) is 1. The monoisotopic (exact) mass is 377 g/mol. The number of hydrogen-bond donors (Lipinski definition) is 1. The van der Waals surface area contributed by atoms with Gasteiger partial charge in [0.05, 0.1) is 5.41 Å². The summed E-state index contributed by atoms with van der Waals surface area (Å²) in [5, 5.41) is 9.41. The number of carboxylic acids is 1. The Bertz CT molecular complexity index is 908. The minimum Gasteiger partial charge on any atom is -0.489 e. The van der Waals surface area contributed by atoms with Gasteiger partial charge in [-0.2, -0.15) is 0 Å². The van der Waals surface area contributed by atoms with Gasteiger partial charge in [-0.15, -0.1) is 0 Å². The normalized spacial score (nSPS) is 21.2. The van der Waals surface area contributed by atoms with Crippen LogP contribution in [0.5, 0.6) is 5.75 Å². The second-order valence-electron chi connectivity index (χ2n) is 9.29. The molecule has 146 valence electrons. The lowest BCUT2D eigenvalue weighted by Crippen LogP contribution is -2.58. The molecular weight excluding hydrogens is 350 g/mol. The van der Waals surface area contributed by atoms with Crippen LogP contribution in [0, 0.1) is 17.8 Å². The van der Waals surface area contributed by atoms with Crippen LogP contribution in [0.15, 0.2) is 42.5 Å². The first-order chi connectivity index (χ1) is 13.5. The van der Waals surface area contributed by atoms with Crippen molar-refractivity contribution in [3.63, 3.8) is 0 Å². The molecule has 28 heavy (non-hydrogen) atoms. The van der Waals surface area contributed by atoms with E-state index in [-0.39, 0.29) is 0 Å². The Labute approximate surface area is 166 Å². The second kappa shape index (κ2) is 6.35. The average molecular weight is 377 g/mol. The summed E-state index contributed by atoms with van der Waals surface area (Å²) in [6.45, 7) is 5.46. The molecule has 0 unspecified atom stereocenters. The fourth-order valence-electron chi connectivity index (χ4n) is 5.01. The Morgan fingerprint density at radius 1 is 1.07 bits per heavy atom. The van der Waals surface area contributed by atoms with Gasteiger partial charge in [0, 0.05) is 25.0 Å². The highest BCUT2D eigenvalue weighted by Gasteiger charge is 2.55. The predicted octanol–water partition coefficient (Wildman–Crippen LogP) is 3.84. The topological polar surface area (TPSA) is 49.8 Å². The number of aryl methyl sites for hydroxylation is 1. The van der Waals surface area contributed by atoms with Gasteiger partial charge in [-0.05, 0) is 61.4 Å². The highest BCUT2D eigenvalue weighted by atomic mass is 16.5. The summed E-state index contributed by atoms with van der Waals surface area (Å²) in [5.41, 5.74) is 5.15. The smallest absolute Gasteiger partial charge is 0.310 e. The molecule has 1 spiro atoms. The first-order valence-electron chi connectivity index (χ1n) is 10.2. The van der Waals surface area contributed by atoms with Crippen LogP contribution in [-0.4, -0.2) is 35.6 Å². The molecule has 1 heterocycles. The lowest BCUT2D eigenvalue weighted by atomic mass is 9.76. The van der Waals surface area contributed by atoms with E-state index < -0.39 is 11.4 Å². The fourth-order valence-corrected chi connectivity index (χ4v) is 5.01. The van der Waals surface area contributed by atoms with E-state index in [2.05, 4.69) is 54.3 Å². The number of nitrogens with zero attached hydrogens (tertiary/aromatic N) is 1. The summed E-state index contributed by atoms with van der Waals surface area (Å²) < 4.78 is 6.02. The van der Waals surface area contributed by atoms with Crippen LogP contribution in [0.3, 0.4) is 0 Å². The third-order valence-electron chi connectivity index (χ3n) is 6.79. The minimum atomic E-state index is -0.612. The Hall–Kier alpha value is -2.33. The van der Waals surface area contributed by atoms with Crippen LogP contribution in [0.1, 0.15) is 35.1 Å². The van der Waals surface area contributed by atoms with E-state index in [0.29, 0.717) is 12.0 Å². The molecule has 4 nitrogen and oxygen atoms in total. The Morgan fingerprint density at radius 3 is 2.46 bits per heavy atom. The molecule has 1 saturated carbocycles. The van der Waals surface area contributed by atoms with Crippen LogP contribution in [-0.2, 0) is 24.2 Å². The molecule has 2 aliphatic carbocycles. The van der Waals surface area contributed by atoms with Crippen LogP contribution < -0.4 is 4.74 Å².